The van der Waals surface area contributed by atoms with Crippen LogP contribution >= 0.6 is 0 Å². The molecule has 1 aliphatic rings. The summed E-state index contributed by atoms with van der Waals surface area (Å²) >= 11 is 0. The van der Waals surface area contributed by atoms with Crippen LogP contribution in [0.1, 0.15) is 29.7 Å². The Kier molecular flexibility index (Phi) is 7.30. The number of carbonyl (C=O) groups excluding carboxylic acids is 2. The van der Waals surface area contributed by atoms with E-state index in [9.17, 15) is 9.59 Å². The van der Waals surface area contributed by atoms with Gasteiger partial charge in [-0.3, -0.25) is 4.79 Å². The van der Waals surface area contributed by atoms with Crippen LogP contribution in [0.4, 0.5) is 0 Å². The minimum atomic E-state index is -0.932. The molecule has 3 aromatic rings. The smallest absolute Gasteiger partial charge is 0.335 e. The van der Waals surface area contributed by atoms with Gasteiger partial charge in [0.15, 0.2) is 23.6 Å². The Labute approximate surface area is 203 Å². The predicted molar refractivity (Wildman–Crippen MR) is 128 cm³/mol. The zero-order valence-electron chi connectivity index (χ0n) is 19.6. The lowest BCUT2D eigenvalue weighted by Crippen LogP contribution is -2.25. The number of hydrogen-bond acceptors (Lipinski definition) is 8. The van der Waals surface area contributed by atoms with Gasteiger partial charge in [0.2, 0.25) is 5.90 Å². The van der Waals surface area contributed by atoms with Crippen molar-refractivity contribution in [2.75, 3.05) is 14.2 Å². The molecule has 0 radical (unpaired) electrons. The second-order valence-corrected chi connectivity index (χ2v) is 7.74. The van der Waals surface area contributed by atoms with E-state index in [0.717, 1.165) is 5.56 Å². The van der Waals surface area contributed by atoms with Crippen molar-refractivity contribution >= 4 is 17.8 Å². The molecule has 0 saturated carbocycles. The van der Waals surface area contributed by atoms with E-state index in [-0.39, 0.29) is 5.75 Å². The number of rotatable bonds is 8. The van der Waals surface area contributed by atoms with E-state index in [1.54, 1.807) is 49.6 Å². The average Bonchev–Trinajstić information content (AvgIpc) is 3.33. The summed E-state index contributed by atoms with van der Waals surface area (Å²) in [5.41, 5.74) is 2.23. The highest BCUT2D eigenvalue weighted by atomic mass is 16.6. The minimum Gasteiger partial charge on any atom is -0.497 e. The van der Waals surface area contributed by atoms with E-state index < -0.39 is 24.1 Å². The van der Waals surface area contributed by atoms with E-state index in [0.29, 0.717) is 35.1 Å². The molecule has 180 valence electrons. The number of benzene rings is 3. The molecule has 0 aliphatic carbocycles. The molecule has 35 heavy (non-hydrogen) atoms. The average molecular weight is 475 g/mol. The number of methoxy groups -OCH3 is 2. The quantitative estimate of drug-likeness (QED) is 0.355. The molecule has 0 aromatic heterocycles. The molecule has 0 saturated heterocycles. The zero-order chi connectivity index (χ0) is 24.8. The van der Waals surface area contributed by atoms with Crippen molar-refractivity contribution in [3.8, 4) is 17.2 Å². The molecule has 0 spiro atoms. The highest BCUT2D eigenvalue weighted by Gasteiger charge is 2.39. The molecule has 4 rings (SSSR count). The van der Waals surface area contributed by atoms with Crippen molar-refractivity contribution in [3.63, 3.8) is 0 Å². The van der Waals surface area contributed by atoms with Gasteiger partial charge in [-0.2, -0.15) is 0 Å². The Balaban J connectivity index is 1.62. The summed E-state index contributed by atoms with van der Waals surface area (Å²) in [6.45, 7) is 1.60. The van der Waals surface area contributed by atoms with Crippen LogP contribution < -0.4 is 14.2 Å². The maximum Gasteiger partial charge on any atom is 0.335 e. The van der Waals surface area contributed by atoms with Crippen LogP contribution in [0.3, 0.4) is 0 Å². The fourth-order valence-electron chi connectivity index (χ4n) is 3.62. The Hall–Kier alpha value is -4.33. The Morgan fingerprint density at radius 3 is 2.34 bits per heavy atom. The van der Waals surface area contributed by atoms with Crippen LogP contribution in [0, 0.1) is 0 Å². The van der Waals surface area contributed by atoms with Gasteiger partial charge >= 0.3 is 11.9 Å². The maximum absolute atomic E-state index is 12.5. The molecule has 0 bridgehead atoms. The van der Waals surface area contributed by atoms with Gasteiger partial charge in [-0.05, 0) is 47.5 Å². The first-order valence-corrected chi connectivity index (χ1v) is 10.9. The molecule has 0 fully saturated rings. The fourth-order valence-corrected chi connectivity index (χ4v) is 3.62. The van der Waals surface area contributed by atoms with Crippen molar-refractivity contribution in [3.05, 3.63) is 89.5 Å². The molecule has 1 aliphatic heterocycles. The van der Waals surface area contributed by atoms with Crippen molar-refractivity contribution in [1.29, 1.82) is 0 Å². The molecule has 0 unspecified atom stereocenters. The van der Waals surface area contributed by atoms with Gasteiger partial charge < -0.3 is 23.7 Å². The number of esters is 2. The molecule has 8 heteroatoms. The summed E-state index contributed by atoms with van der Waals surface area (Å²) in [5, 5.41) is 0. The molecule has 0 amide bonds. The highest BCUT2D eigenvalue weighted by molar-refractivity contribution is 5.98. The molecule has 8 nitrogen and oxygen atoms in total. The molecule has 0 N–H and O–H groups in total. The summed E-state index contributed by atoms with van der Waals surface area (Å²) in [4.78, 5) is 28.8. The Bertz CT molecular complexity index is 1220. The van der Waals surface area contributed by atoms with E-state index in [4.69, 9.17) is 23.7 Å². The lowest BCUT2D eigenvalue weighted by atomic mass is 10.0. The third-order valence-electron chi connectivity index (χ3n) is 5.35. The van der Waals surface area contributed by atoms with E-state index >= 15 is 0 Å². The summed E-state index contributed by atoms with van der Waals surface area (Å²) in [5.74, 6) is 0.542. The number of hydrogen-bond donors (Lipinski definition) is 0. The first kappa shape index (κ1) is 23.8. The largest absolute Gasteiger partial charge is 0.497 e. The molecular formula is C27H25NO7. The van der Waals surface area contributed by atoms with Gasteiger partial charge in [0.05, 0.1) is 14.2 Å². The van der Waals surface area contributed by atoms with Crippen molar-refractivity contribution in [2.24, 2.45) is 4.99 Å². The standard InChI is InChI=1S/C27H25NO7/c1-17(29)34-23-15-20(11-14-22(23)33-16-18-7-5-4-6-8-18)25-24(27(30)32-3)28-26(35-25)19-9-12-21(31-2)13-10-19/h4-15,24-25H,16H2,1-3H3/t24-,25-/m1/s1. The summed E-state index contributed by atoms with van der Waals surface area (Å²) in [6, 6.07) is 20.9. The normalized spacial score (nSPS) is 16.6. The van der Waals surface area contributed by atoms with Crippen LogP contribution in [-0.2, 0) is 25.7 Å². The zero-order valence-corrected chi connectivity index (χ0v) is 19.6. The SMILES string of the molecule is COC(=O)[C@@H]1N=C(c2ccc(OC)cc2)O[C@@H]1c1ccc(OCc2ccccc2)c(OC(C)=O)c1. The van der Waals surface area contributed by atoms with Crippen LogP contribution in [0.2, 0.25) is 0 Å². The number of aliphatic imine (C=N–C) groups is 1. The number of nitrogens with zero attached hydrogens (tertiary/aromatic N) is 1. The first-order valence-electron chi connectivity index (χ1n) is 10.9. The summed E-state index contributed by atoms with van der Waals surface area (Å²) in [6.07, 6.45) is -0.781. The molecule has 2 atom stereocenters. The van der Waals surface area contributed by atoms with Gasteiger partial charge in [0.1, 0.15) is 12.4 Å². The minimum absolute atomic E-state index is 0.219. The van der Waals surface area contributed by atoms with Crippen molar-refractivity contribution in [1.82, 2.24) is 0 Å². The van der Waals surface area contributed by atoms with Crippen molar-refractivity contribution in [2.45, 2.75) is 25.7 Å². The number of carbonyl (C=O) groups is 2. The van der Waals surface area contributed by atoms with Crippen molar-refractivity contribution < 1.29 is 33.3 Å². The van der Waals surface area contributed by atoms with Gasteiger partial charge in [-0.25, -0.2) is 9.79 Å². The summed E-state index contributed by atoms with van der Waals surface area (Å²) in [7, 11) is 2.88. The van der Waals surface area contributed by atoms with E-state index in [1.165, 1.54) is 14.0 Å². The highest BCUT2D eigenvalue weighted by Crippen LogP contribution is 2.37. The summed E-state index contributed by atoms with van der Waals surface area (Å²) < 4.78 is 27.6. The van der Waals surface area contributed by atoms with Gasteiger partial charge in [0.25, 0.3) is 0 Å². The Morgan fingerprint density at radius 2 is 1.69 bits per heavy atom. The number of ether oxygens (including phenoxy) is 5. The lowest BCUT2D eigenvalue weighted by Gasteiger charge is -2.19. The predicted octanol–water partition coefficient (Wildman–Crippen LogP) is 4.26. The van der Waals surface area contributed by atoms with Gasteiger partial charge in [0, 0.05) is 12.5 Å². The topological polar surface area (TPSA) is 92.7 Å². The second kappa shape index (κ2) is 10.7. The third-order valence-corrected chi connectivity index (χ3v) is 5.35. The third kappa shape index (κ3) is 5.60. The van der Waals surface area contributed by atoms with Gasteiger partial charge in [-0.15, -0.1) is 0 Å². The second-order valence-electron chi connectivity index (χ2n) is 7.74. The van der Waals surface area contributed by atoms with E-state index in [2.05, 4.69) is 4.99 Å². The van der Waals surface area contributed by atoms with Crippen LogP contribution in [0.15, 0.2) is 77.8 Å². The van der Waals surface area contributed by atoms with Gasteiger partial charge in [-0.1, -0.05) is 36.4 Å². The van der Waals surface area contributed by atoms with E-state index in [1.807, 2.05) is 30.3 Å². The Morgan fingerprint density at radius 1 is 0.943 bits per heavy atom. The van der Waals surface area contributed by atoms with Crippen LogP contribution in [0.25, 0.3) is 0 Å². The molecule has 1 heterocycles. The van der Waals surface area contributed by atoms with Crippen LogP contribution in [0.5, 0.6) is 17.2 Å². The first-order chi connectivity index (χ1) is 17.0. The maximum atomic E-state index is 12.5. The molecular weight excluding hydrogens is 450 g/mol. The lowest BCUT2D eigenvalue weighted by molar-refractivity contribution is -0.143. The monoisotopic (exact) mass is 475 g/mol. The fraction of sp³-hybridized carbons (Fsp3) is 0.222. The van der Waals surface area contributed by atoms with Crippen LogP contribution in [-0.4, -0.2) is 38.1 Å². The molecule has 3 aromatic carbocycles.